The number of hydrogen-bond acceptors (Lipinski definition) is 5. The minimum atomic E-state index is -0.322. The third-order valence-electron chi connectivity index (χ3n) is 6.30. The van der Waals surface area contributed by atoms with Gasteiger partial charge in [-0.15, -0.1) is 0 Å². The van der Waals surface area contributed by atoms with Gasteiger partial charge in [-0.2, -0.15) is 0 Å². The lowest BCUT2D eigenvalue weighted by atomic mass is 9.84. The summed E-state index contributed by atoms with van der Waals surface area (Å²) in [6, 6.07) is 15.5. The number of hydrogen-bond donors (Lipinski definition) is 1. The largest absolute Gasteiger partial charge is 0.447 e. The molecule has 6 nitrogen and oxygen atoms in total. The molecule has 1 fully saturated rings. The summed E-state index contributed by atoms with van der Waals surface area (Å²) in [5, 5.41) is 3.97. The van der Waals surface area contributed by atoms with Crippen molar-refractivity contribution < 1.29 is 13.9 Å². The van der Waals surface area contributed by atoms with Crippen LogP contribution >= 0.6 is 11.6 Å². The Morgan fingerprint density at radius 1 is 1.16 bits per heavy atom. The van der Waals surface area contributed by atoms with Crippen molar-refractivity contribution in [3.63, 3.8) is 0 Å². The first-order valence-corrected chi connectivity index (χ1v) is 10.9. The van der Waals surface area contributed by atoms with Crippen molar-refractivity contribution in [3.8, 4) is 0 Å². The topological polar surface area (TPSA) is 67.6 Å². The Kier molecular flexibility index (Phi) is 5.52. The van der Waals surface area contributed by atoms with Crippen molar-refractivity contribution >= 4 is 17.5 Å². The molecule has 1 N–H and O–H groups in total. The number of likely N-dealkylation sites (tertiary alicyclic amines) is 1. The van der Waals surface area contributed by atoms with Gasteiger partial charge in [0, 0.05) is 18.1 Å². The molecule has 7 heteroatoms. The lowest BCUT2D eigenvalue weighted by Gasteiger charge is -2.39. The Hall–Kier alpha value is -2.67. The van der Waals surface area contributed by atoms with E-state index in [1.54, 1.807) is 6.20 Å². The summed E-state index contributed by atoms with van der Waals surface area (Å²) in [4.78, 5) is 19.1. The minimum Gasteiger partial charge on any atom is -0.447 e. The van der Waals surface area contributed by atoms with Gasteiger partial charge in [-0.05, 0) is 41.7 Å². The molecule has 5 rings (SSSR count). The number of amides is 1. The van der Waals surface area contributed by atoms with E-state index in [9.17, 15) is 4.79 Å². The van der Waals surface area contributed by atoms with E-state index in [2.05, 4.69) is 34.6 Å². The van der Waals surface area contributed by atoms with Crippen LogP contribution in [0.25, 0.3) is 0 Å². The van der Waals surface area contributed by atoms with Crippen LogP contribution in [0.4, 0.5) is 0 Å². The molecule has 0 saturated carbocycles. The van der Waals surface area contributed by atoms with E-state index in [0.29, 0.717) is 30.6 Å². The summed E-state index contributed by atoms with van der Waals surface area (Å²) in [6.07, 6.45) is 4.77. The van der Waals surface area contributed by atoms with E-state index < -0.39 is 0 Å². The number of rotatable bonds is 5. The number of oxazole rings is 1. The van der Waals surface area contributed by atoms with E-state index >= 15 is 0 Å². The van der Waals surface area contributed by atoms with Crippen LogP contribution in [0.5, 0.6) is 0 Å². The van der Waals surface area contributed by atoms with Crippen LogP contribution in [0.3, 0.4) is 0 Å². The minimum absolute atomic E-state index is 0.0617. The number of carbonyl (C=O) groups is 1. The number of nitrogens with one attached hydrogen (secondary N) is 1. The monoisotopic (exact) mass is 437 g/mol. The lowest BCUT2D eigenvalue weighted by molar-refractivity contribution is -0.137. The van der Waals surface area contributed by atoms with Gasteiger partial charge >= 0.3 is 0 Å². The smallest absolute Gasteiger partial charge is 0.236 e. The summed E-state index contributed by atoms with van der Waals surface area (Å²) in [6.45, 7) is 2.21. The predicted octanol–water partition coefficient (Wildman–Crippen LogP) is 4.06. The van der Waals surface area contributed by atoms with Crippen molar-refractivity contribution in [3.05, 3.63) is 88.6 Å². The molecule has 31 heavy (non-hydrogen) atoms. The molecular formula is C24H24ClN3O3. The molecule has 2 aromatic carbocycles. The first-order chi connectivity index (χ1) is 15.1. The highest BCUT2D eigenvalue weighted by molar-refractivity contribution is 6.30. The Balaban J connectivity index is 1.23. The molecule has 160 valence electrons. The summed E-state index contributed by atoms with van der Waals surface area (Å²) in [7, 11) is 0. The average Bonchev–Trinajstić information content (AvgIpc) is 3.45. The van der Waals surface area contributed by atoms with Gasteiger partial charge < -0.3 is 14.1 Å². The van der Waals surface area contributed by atoms with E-state index in [1.165, 1.54) is 17.4 Å². The molecule has 1 saturated heterocycles. The molecule has 3 aromatic rings. The number of halogens is 1. The van der Waals surface area contributed by atoms with Crippen LogP contribution in [-0.2, 0) is 21.7 Å². The number of carbonyl (C=O) groups excluding carboxylic acids is 1. The number of nitrogens with zero attached hydrogens (tertiary/aromatic N) is 2. The van der Waals surface area contributed by atoms with Gasteiger partial charge in [0.2, 0.25) is 11.8 Å². The van der Waals surface area contributed by atoms with Crippen molar-refractivity contribution in [2.24, 2.45) is 0 Å². The van der Waals surface area contributed by atoms with Gasteiger partial charge in [-0.1, -0.05) is 48.0 Å². The Morgan fingerprint density at radius 2 is 1.94 bits per heavy atom. The maximum Gasteiger partial charge on any atom is 0.236 e. The van der Waals surface area contributed by atoms with Gasteiger partial charge in [0.15, 0.2) is 0 Å². The molecule has 0 bridgehead atoms. The zero-order chi connectivity index (χ0) is 21.3. The van der Waals surface area contributed by atoms with Crippen LogP contribution in [-0.4, -0.2) is 35.4 Å². The van der Waals surface area contributed by atoms with Gasteiger partial charge in [-0.3, -0.25) is 10.1 Å². The zero-order valence-electron chi connectivity index (χ0n) is 17.1. The van der Waals surface area contributed by atoms with Crippen molar-refractivity contribution in [1.82, 2.24) is 15.2 Å². The maximum absolute atomic E-state index is 13.0. The summed E-state index contributed by atoms with van der Waals surface area (Å²) < 4.78 is 11.7. The highest BCUT2D eigenvalue weighted by Crippen LogP contribution is 2.43. The van der Waals surface area contributed by atoms with E-state index in [0.717, 1.165) is 18.4 Å². The van der Waals surface area contributed by atoms with Crippen LogP contribution in [0.1, 0.15) is 41.5 Å². The number of piperidine rings is 1. The van der Waals surface area contributed by atoms with Gasteiger partial charge in [0.25, 0.3) is 0 Å². The molecule has 2 aliphatic heterocycles. The second kappa shape index (κ2) is 8.46. The van der Waals surface area contributed by atoms with Crippen molar-refractivity contribution in [1.29, 1.82) is 0 Å². The van der Waals surface area contributed by atoms with Crippen LogP contribution in [0, 0.1) is 0 Å². The summed E-state index contributed by atoms with van der Waals surface area (Å²) >= 11 is 6.02. The normalized spacial score (nSPS) is 18.2. The molecule has 1 atom stereocenters. The van der Waals surface area contributed by atoms with Crippen molar-refractivity contribution in [2.75, 3.05) is 19.6 Å². The summed E-state index contributed by atoms with van der Waals surface area (Å²) in [5.41, 5.74) is 3.24. The molecule has 1 aromatic heterocycles. The predicted molar refractivity (Wildman–Crippen MR) is 117 cm³/mol. The standard InChI is InChI=1S/C24H24ClN3O3/c25-19-7-5-17(6-8-19)22(23-26-11-14-30-23)27-15-21(29)28-12-9-24(10-13-28)20-4-2-1-3-18(20)16-31-24/h1-8,11,14,22,27H,9-10,12-13,15-16H2. The van der Waals surface area contributed by atoms with Gasteiger partial charge in [0.1, 0.15) is 12.3 Å². The second-order valence-corrected chi connectivity index (χ2v) is 8.49. The van der Waals surface area contributed by atoms with Crippen LogP contribution in [0.15, 0.2) is 65.4 Å². The molecular weight excluding hydrogens is 414 g/mol. The molecule has 3 heterocycles. The first kappa shape index (κ1) is 20.2. The highest BCUT2D eigenvalue weighted by Gasteiger charge is 2.43. The average molecular weight is 438 g/mol. The Labute approximate surface area is 186 Å². The number of aromatic nitrogens is 1. The molecule has 1 spiro atoms. The SMILES string of the molecule is O=C(CNC(c1ccc(Cl)cc1)c1ncco1)N1CCC2(CC1)OCc1ccccc12. The fourth-order valence-electron chi connectivity index (χ4n) is 4.60. The van der Waals surface area contributed by atoms with Crippen molar-refractivity contribution in [2.45, 2.75) is 31.1 Å². The third kappa shape index (κ3) is 3.99. The number of ether oxygens (including phenoxy) is 1. The first-order valence-electron chi connectivity index (χ1n) is 10.5. The Morgan fingerprint density at radius 3 is 2.68 bits per heavy atom. The molecule has 0 radical (unpaired) electrons. The van der Waals surface area contributed by atoms with E-state index in [4.69, 9.17) is 20.8 Å². The van der Waals surface area contributed by atoms with Crippen LogP contribution < -0.4 is 5.32 Å². The maximum atomic E-state index is 13.0. The zero-order valence-corrected chi connectivity index (χ0v) is 17.8. The molecule has 1 amide bonds. The van der Waals surface area contributed by atoms with E-state index in [-0.39, 0.29) is 24.1 Å². The fourth-order valence-corrected chi connectivity index (χ4v) is 4.72. The fraction of sp³-hybridized carbons (Fsp3) is 0.333. The number of benzene rings is 2. The van der Waals surface area contributed by atoms with Crippen LogP contribution in [0.2, 0.25) is 5.02 Å². The van der Waals surface area contributed by atoms with Gasteiger partial charge in [0.05, 0.1) is 24.9 Å². The van der Waals surface area contributed by atoms with Gasteiger partial charge in [-0.25, -0.2) is 4.98 Å². The molecule has 1 unspecified atom stereocenters. The second-order valence-electron chi connectivity index (χ2n) is 8.06. The molecule has 0 aliphatic carbocycles. The quantitative estimate of drug-likeness (QED) is 0.652. The summed E-state index contributed by atoms with van der Waals surface area (Å²) in [5.74, 6) is 0.579. The number of fused-ring (bicyclic) bond motifs is 2. The third-order valence-corrected chi connectivity index (χ3v) is 6.55. The Bertz CT molecular complexity index is 1040. The highest BCUT2D eigenvalue weighted by atomic mass is 35.5. The van der Waals surface area contributed by atoms with E-state index in [1.807, 2.05) is 29.2 Å². The molecule has 2 aliphatic rings. The lowest BCUT2D eigenvalue weighted by Crippen LogP contribution is -2.48.